The topological polar surface area (TPSA) is 199 Å². The van der Waals surface area contributed by atoms with E-state index < -0.39 is 27.1 Å². The first kappa shape index (κ1) is 24.1. The zero-order valence-electron chi connectivity index (χ0n) is 17.1. The van der Waals surface area contributed by atoms with E-state index in [-0.39, 0.29) is 56.7 Å². The van der Waals surface area contributed by atoms with Crippen molar-refractivity contribution in [3.63, 3.8) is 0 Å². The maximum absolute atomic E-state index is 12.1. The average molecular weight is 483 g/mol. The van der Waals surface area contributed by atoms with Gasteiger partial charge in [0.1, 0.15) is 5.69 Å². The molecule has 1 aromatic heterocycles. The molecular formula is C15H27N5O9P2. The van der Waals surface area contributed by atoms with Gasteiger partial charge in [0.15, 0.2) is 5.82 Å². The van der Waals surface area contributed by atoms with Crippen LogP contribution in [-0.4, -0.2) is 58.9 Å². The molecule has 2 unspecified atom stereocenters. The number of phosphoric ester groups is 2. The molecule has 31 heavy (non-hydrogen) atoms. The van der Waals surface area contributed by atoms with E-state index in [2.05, 4.69) is 15.3 Å². The molecule has 5 atom stereocenters. The van der Waals surface area contributed by atoms with Gasteiger partial charge in [0.25, 0.3) is 5.56 Å². The third-order valence-corrected chi connectivity index (χ3v) is 7.25. The van der Waals surface area contributed by atoms with Crippen LogP contribution in [0.2, 0.25) is 0 Å². The minimum absolute atomic E-state index is 0.00747. The Morgan fingerprint density at radius 2 is 1.74 bits per heavy atom. The van der Waals surface area contributed by atoms with Crippen LogP contribution in [-0.2, 0) is 27.2 Å². The molecule has 1 aliphatic carbocycles. The smallest absolute Gasteiger partial charge is 0.369 e. The summed E-state index contributed by atoms with van der Waals surface area (Å²) < 4.78 is 43.4. The van der Waals surface area contributed by atoms with E-state index in [1.807, 2.05) is 0 Å². The molecule has 2 aliphatic rings. The highest BCUT2D eigenvalue weighted by Gasteiger charge is 2.48. The average Bonchev–Trinajstić information content (AvgIpc) is 3.04. The van der Waals surface area contributed by atoms with Crippen LogP contribution in [0.3, 0.4) is 0 Å². The van der Waals surface area contributed by atoms with Gasteiger partial charge in [-0.2, -0.15) is 4.98 Å². The Balaban J connectivity index is 1.75. The van der Waals surface area contributed by atoms with Crippen LogP contribution in [0, 0.1) is 11.8 Å². The number of nitrogens with one attached hydrogen (secondary N) is 2. The molecule has 0 radical (unpaired) electrons. The lowest BCUT2D eigenvalue weighted by Gasteiger charge is -2.48. The number of aromatic amines is 1. The highest BCUT2D eigenvalue weighted by molar-refractivity contribution is 7.47. The van der Waals surface area contributed by atoms with Gasteiger partial charge in [-0.3, -0.25) is 27.9 Å². The van der Waals surface area contributed by atoms with Gasteiger partial charge < -0.3 is 25.7 Å². The Kier molecular flexibility index (Phi) is 7.44. The Labute approximate surface area is 178 Å². The van der Waals surface area contributed by atoms with Crippen molar-refractivity contribution in [2.75, 3.05) is 49.0 Å². The number of hydrogen-bond donors (Lipinski definition) is 5. The molecule has 16 heteroatoms. The van der Waals surface area contributed by atoms with Gasteiger partial charge in [-0.1, -0.05) is 0 Å². The van der Waals surface area contributed by atoms with Crippen LogP contribution in [0.1, 0.15) is 20.3 Å². The first-order chi connectivity index (χ1) is 14.6. The number of nitrogen functional groups attached to an aromatic ring is 1. The number of hydrogen-bond acceptors (Lipinski definition) is 11. The molecule has 14 nitrogen and oxygen atoms in total. The highest BCUT2D eigenvalue weighted by Crippen LogP contribution is 2.50. The van der Waals surface area contributed by atoms with Gasteiger partial charge in [-0.25, -0.2) is 9.13 Å². The Bertz CT molecular complexity index is 944. The third-order valence-electron chi connectivity index (χ3n) is 5.13. The molecule has 1 saturated carbocycles. The second-order valence-electron chi connectivity index (χ2n) is 7.05. The number of aromatic nitrogens is 2. The van der Waals surface area contributed by atoms with Crippen LogP contribution in [0.5, 0.6) is 0 Å². The molecule has 0 aromatic carbocycles. The largest absolute Gasteiger partial charge is 0.472 e. The third kappa shape index (κ3) is 5.65. The summed E-state index contributed by atoms with van der Waals surface area (Å²) in [5.41, 5.74) is 5.52. The highest BCUT2D eigenvalue weighted by atomic mass is 31.2. The Morgan fingerprint density at radius 1 is 1.13 bits per heavy atom. The summed E-state index contributed by atoms with van der Waals surface area (Å²) in [4.78, 5) is 39.9. The van der Waals surface area contributed by atoms with E-state index in [1.54, 1.807) is 18.7 Å². The summed E-state index contributed by atoms with van der Waals surface area (Å²) in [6.45, 7) is 3.08. The summed E-state index contributed by atoms with van der Waals surface area (Å²) in [5.74, 6) is -0.359. The van der Waals surface area contributed by atoms with Crippen molar-refractivity contribution >= 4 is 33.1 Å². The van der Waals surface area contributed by atoms with E-state index in [9.17, 15) is 23.7 Å². The van der Waals surface area contributed by atoms with Crippen molar-refractivity contribution in [3.8, 4) is 0 Å². The maximum Gasteiger partial charge on any atom is 0.472 e. The van der Waals surface area contributed by atoms with Gasteiger partial charge in [-0.05, 0) is 26.2 Å². The Morgan fingerprint density at radius 3 is 2.35 bits per heavy atom. The number of nitrogens with two attached hydrogens (primary N) is 1. The van der Waals surface area contributed by atoms with Gasteiger partial charge in [0.05, 0.1) is 33.1 Å². The number of nitrogens with zero attached hydrogens (tertiary/aromatic N) is 2. The van der Waals surface area contributed by atoms with Crippen molar-refractivity contribution < 1.29 is 37.0 Å². The van der Waals surface area contributed by atoms with E-state index in [4.69, 9.17) is 23.8 Å². The fraction of sp³-hybridized carbons (Fsp3) is 0.733. The lowest BCUT2D eigenvalue weighted by atomic mass is 9.69. The monoisotopic (exact) mass is 483 g/mol. The van der Waals surface area contributed by atoms with Crippen LogP contribution in [0.25, 0.3) is 0 Å². The van der Waals surface area contributed by atoms with Crippen LogP contribution in [0.4, 0.5) is 17.5 Å². The standard InChI is InChI=1S/C15H27N5O9P2/c1-3-26-30(22,23)28-6-9-5-11(10(9)7-29-31(24,25)27-4-2)20-8-17-12-13(20)18-15(16)19-14(12)21/h9-11,17H,3-8H2,1-2H3,(H,22,23)(H,24,25)(H3,16,18,19,21)/t9-,10-,11-/m1/s1. The van der Waals surface area contributed by atoms with Gasteiger partial charge in [0.2, 0.25) is 5.95 Å². The predicted octanol–water partition coefficient (Wildman–Crippen LogP) is 0.853. The van der Waals surface area contributed by atoms with Crippen molar-refractivity contribution in [2.45, 2.75) is 26.3 Å². The van der Waals surface area contributed by atoms with E-state index in [1.165, 1.54) is 0 Å². The minimum atomic E-state index is -4.25. The van der Waals surface area contributed by atoms with E-state index >= 15 is 0 Å². The number of H-pyrrole nitrogens is 1. The molecule has 0 saturated heterocycles. The second-order valence-corrected chi connectivity index (χ2v) is 9.95. The molecule has 0 bridgehead atoms. The zero-order chi connectivity index (χ0) is 22.8. The molecule has 1 fully saturated rings. The molecule has 3 rings (SSSR count). The SMILES string of the molecule is CCOP(=O)(O)OC[C@H]1C[C@@H](N2CNc3c2nc(N)[nH]c3=O)[C@@H]1COP(=O)(O)OCC. The lowest BCUT2D eigenvalue weighted by molar-refractivity contribution is 0.0134. The number of rotatable bonds is 11. The summed E-state index contributed by atoms with van der Waals surface area (Å²) in [6, 6.07) is -0.261. The van der Waals surface area contributed by atoms with E-state index in [0.717, 1.165) is 0 Å². The summed E-state index contributed by atoms with van der Waals surface area (Å²) in [6.07, 6.45) is 0.486. The van der Waals surface area contributed by atoms with Gasteiger partial charge >= 0.3 is 15.6 Å². The zero-order valence-corrected chi connectivity index (χ0v) is 18.9. The normalized spacial score (nSPS) is 26.5. The van der Waals surface area contributed by atoms with Gasteiger partial charge in [-0.15, -0.1) is 0 Å². The lowest BCUT2D eigenvalue weighted by Crippen LogP contribution is -2.55. The van der Waals surface area contributed by atoms with Crippen LogP contribution >= 0.6 is 15.6 Å². The molecule has 1 aliphatic heterocycles. The van der Waals surface area contributed by atoms with Gasteiger partial charge in [0, 0.05) is 12.0 Å². The summed E-state index contributed by atoms with van der Waals surface area (Å²) in [5, 5.41) is 2.95. The molecule has 176 valence electrons. The maximum atomic E-state index is 12.1. The fourth-order valence-corrected chi connectivity index (χ4v) is 5.25. The van der Waals surface area contributed by atoms with Crippen molar-refractivity contribution in [2.24, 2.45) is 11.8 Å². The quantitative estimate of drug-likeness (QED) is 0.278. The molecule has 2 heterocycles. The fourth-order valence-electron chi connectivity index (χ4n) is 3.71. The summed E-state index contributed by atoms with van der Waals surface area (Å²) >= 11 is 0. The first-order valence-electron chi connectivity index (χ1n) is 9.71. The molecule has 0 spiro atoms. The van der Waals surface area contributed by atoms with Crippen LogP contribution < -0.4 is 21.5 Å². The predicted molar refractivity (Wildman–Crippen MR) is 110 cm³/mol. The Hall–Kier alpha value is -1.50. The minimum Gasteiger partial charge on any atom is -0.369 e. The number of anilines is 3. The van der Waals surface area contributed by atoms with Crippen molar-refractivity contribution in [1.29, 1.82) is 0 Å². The van der Waals surface area contributed by atoms with Crippen molar-refractivity contribution in [3.05, 3.63) is 10.4 Å². The molecule has 6 N–H and O–H groups in total. The van der Waals surface area contributed by atoms with Crippen molar-refractivity contribution in [1.82, 2.24) is 9.97 Å². The molecule has 1 aromatic rings. The molecular weight excluding hydrogens is 456 g/mol. The number of phosphoric acid groups is 2. The van der Waals surface area contributed by atoms with Crippen LogP contribution in [0.15, 0.2) is 4.79 Å². The number of fused-ring (bicyclic) bond motifs is 1. The van der Waals surface area contributed by atoms with E-state index in [0.29, 0.717) is 12.2 Å². The second kappa shape index (κ2) is 9.55. The first-order valence-corrected chi connectivity index (χ1v) is 12.7. The molecule has 0 amide bonds. The summed E-state index contributed by atoms with van der Waals surface area (Å²) in [7, 11) is -8.44.